The number of rotatable bonds is 9. The summed E-state index contributed by atoms with van der Waals surface area (Å²) < 4.78 is 19.5. The first-order chi connectivity index (χ1) is 18.9. The van der Waals surface area contributed by atoms with Crippen LogP contribution in [0.5, 0.6) is 17.2 Å². The van der Waals surface area contributed by atoms with Gasteiger partial charge in [0.1, 0.15) is 24.8 Å². The van der Waals surface area contributed by atoms with Gasteiger partial charge in [0.25, 0.3) is 5.91 Å². The minimum absolute atomic E-state index is 0.0866. The van der Waals surface area contributed by atoms with Crippen LogP contribution in [-0.4, -0.2) is 41.6 Å². The van der Waals surface area contributed by atoms with Crippen LogP contribution in [0, 0.1) is 8.98 Å². The summed E-state index contributed by atoms with van der Waals surface area (Å²) in [6.07, 6.45) is 1.68. The molecule has 0 radical (unpaired) electrons. The fourth-order valence-corrected chi connectivity index (χ4v) is 5.92. The molecule has 2 heterocycles. The van der Waals surface area contributed by atoms with E-state index in [2.05, 4.69) is 43.5 Å². The van der Waals surface area contributed by atoms with Crippen LogP contribution in [0.1, 0.15) is 18.1 Å². The number of nitrogens with zero attached hydrogens (tertiary/aromatic N) is 2. The van der Waals surface area contributed by atoms with E-state index in [-0.39, 0.29) is 11.4 Å². The first kappa shape index (κ1) is 27.5. The van der Waals surface area contributed by atoms with Crippen molar-refractivity contribution >= 4 is 79.0 Å². The number of hydrogen-bond acceptors (Lipinski definition) is 6. The molecule has 0 aromatic heterocycles. The van der Waals surface area contributed by atoms with Gasteiger partial charge in [0.2, 0.25) is 0 Å². The number of ether oxygens (including phenoxy) is 3. The molecule has 1 amide bonds. The first-order valence-corrected chi connectivity index (χ1v) is 14.8. The lowest BCUT2D eigenvalue weighted by Crippen LogP contribution is -2.38. The molecule has 2 aliphatic heterocycles. The Balaban J connectivity index is 1.35. The lowest BCUT2D eigenvalue weighted by Gasteiger charge is -2.27. The molecule has 0 fully saturated rings. The minimum Gasteiger partial charge on any atom is -0.490 e. The maximum Gasteiger partial charge on any atom is 0.283 e. The molecule has 39 heavy (non-hydrogen) atoms. The van der Waals surface area contributed by atoms with E-state index in [9.17, 15) is 4.79 Å². The third-order valence-corrected chi connectivity index (χ3v) is 7.89. The maximum atomic E-state index is 12.9. The summed E-state index contributed by atoms with van der Waals surface area (Å²) in [6, 6.07) is 21.1. The largest absolute Gasteiger partial charge is 0.490 e. The Bertz CT molecular complexity index is 1510. The summed E-state index contributed by atoms with van der Waals surface area (Å²) in [5.74, 6) is 1.56. The summed E-state index contributed by atoms with van der Waals surface area (Å²) in [5.41, 5.74) is 2.69. The number of thioether (sulfide) groups is 1. The number of amidine groups is 2. The van der Waals surface area contributed by atoms with Crippen LogP contribution in [0.4, 0.5) is 0 Å². The lowest BCUT2D eigenvalue weighted by molar-refractivity contribution is -0.114. The van der Waals surface area contributed by atoms with Crippen molar-refractivity contribution in [2.75, 3.05) is 19.8 Å². The number of hydrogen-bond donors (Lipinski definition) is 1. The molecule has 0 aliphatic carbocycles. The minimum atomic E-state index is -0.445. The molecule has 0 unspecified atom stereocenters. The van der Waals surface area contributed by atoms with Gasteiger partial charge in [-0.2, -0.15) is 4.99 Å². The van der Waals surface area contributed by atoms with E-state index in [1.54, 1.807) is 11.0 Å². The number of carbonyl (C=O) groups is 1. The zero-order valence-electron chi connectivity index (χ0n) is 20.8. The number of nitrogens with one attached hydrogen (secondary N) is 1. The number of amides is 1. The molecule has 5 rings (SSSR count). The Morgan fingerprint density at radius 2 is 1.79 bits per heavy atom. The Morgan fingerprint density at radius 1 is 1.05 bits per heavy atom. The number of halogens is 2. The monoisotopic (exact) mass is 715 g/mol. The fourth-order valence-electron chi connectivity index (χ4n) is 3.99. The van der Waals surface area contributed by atoms with Gasteiger partial charge >= 0.3 is 0 Å². The standard InChI is InChI=1S/C29H23BrIN3O4S/c1-2-36-25-16-18(15-23(31)26(25)38-13-12-37-21-10-8-20(30)9-11-21)14-22-27(32)34-24(19-6-4-3-5-7-19)17-39-29(34)33-28(22)35/h3-11,14-17,32H,2,12-13H2,1H3/b22-14-,32-27?. The second-order valence-electron chi connectivity index (χ2n) is 8.34. The van der Waals surface area contributed by atoms with Crippen LogP contribution in [0.3, 0.4) is 0 Å². The van der Waals surface area contributed by atoms with Gasteiger partial charge in [0.15, 0.2) is 16.7 Å². The van der Waals surface area contributed by atoms with E-state index in [4.69, 9.17) is 19.6 Å². The molecule has 0 saturated heterocycles. The maximum absolute atomic E-state index is 12.9. The summed E-state index contributed by atoms with van der Waals surface area (Å²) in [4.78, 5) is 18.9. The molecule has 1 N–H and O–H groups in total. The van der Waals surface area contributed by atoms with E-state index < -0.39 is 5.91 Å². The van der Waals surface area contributed by atoms with Gasteiger partial charge < -0.3 is 14.2 Å². The van der Waals surface area contributed by atoms with Crippen molar-refractivity contribution in [2.24, 2.45) is 4.99 Å². The average Bonchev–Trinajstić information content (AvgIpc) is 3.36. The lowest BCUT2D eigenvalue weighted by atomic mass is 10.1. The number of fused-ring (bicyclic) bond motifs is 1. The summed E-state index contributed by atoms with van der Waals surface area (Å²) >= 11 is 6.95. The average molecular weight is 716 g/mol. The summed E-state index contributed by atoms with van der Waals surface area (Å²) in [7, 11) is 0. The fraction of sp³-hybridized carbons (Fsp3) is 0.138. The predicted octanol–water partition coefficient (Wildman–Crippen LogP) is 7.21. The molecule has 2 aliphatic rings. The molecule has 3 aromatic carbocycles. The molecule has 198 valence electrons. The number of benzene rings is 3. The summed E-state index contributed by atoms with van der Waals surface area (Å²) in [6.45, 7) is 3.04. The predicted molar refractivity (Wildman–Crippen MR) is 167 cm³/mol. The smallest absolute Gasteiger partial charge is 0.283 e. The van der Waals surface area contributed by atoms with Crippen LogP contribution in [-0.2, 0) is 4.79 Å². The Kier molecular flexibility index (Phi) is 8.73. The highest BCUT2D eigenvalue weighted by Gasteiger charge is 2.36. The molecule has 0 atom stereocenters. The quantitative estimate of drug-likeness (QED) is 0.143. The summed E-state index contributed by atoms with van der Waals surface area (Å²) in [5, 5.41) is 11.3. The molecule has 3 aromatic rings. The normalized spacial score (nSPS) is 15.7. The van der Waals surface area contributed by atoms with E-state index >= 15 is 0 Å². The highest BCUT2D eigenvalue weighted by Crippen LogP contribution is 2.39. The van der Waals surface area contributed by atoms with Gasteiger partial charge in [-0.25, -0.2) is 0 Å². The van der Waals surface area contributed by atoms with E-state index in [0.29, 0.717) is 42.1 Å². The second-order valence-corrected chi connectivity index (χ2v) is 11.3. The van der Waals surface area contributed by atoms with Crippen LogP contribution in [0.25, 0.3) is 11.8 Å². The third-order valence-electron chi connectivity index (χ3n) is 5.74. The van der Waals surface area contributed by atoms with Gasteiger partial charge in [-0.15, -0.1) is 0 Å². The highest BCUT2D eigenvalue weighted by molar-refractivity contribution is 14.1. The van der Waals surface area contributed by atoms with E-state index in [0.717, 1.165) is 25.1 Å². The molecule has 0 saturated carbocycles. The van der Waals surface area contributed by atoms with Crippen LogP contribution in [0.15, 0.2) is 87.2 Å². The van der Waals surface area contributed by atoms with Crippen molar-refractivity contribution in [1.82, 2.24) is 4.90 Å². The Hall–Kier alpha value is -3.09. The van der Waals surface area contributed by atoms with Crippen molar-refractivity contribution in [3.05, 3.63) is 96.9 Å². The van der Waals surface area contributed by atoms with Crippen molar-refractivity contribution in [3.63, 3.8) is 0 Å². The molecule has 0 spiro atoms. The zero-order valence-corrected chi connectivity index (χ0v) is 25.4. The molecule has 7 nitrogen and oxygen atoms in total. The van der Waals surface area contributed by atoms with Crippen LogP contribution < -0.4 is 14.2 Å². The second kappa shape index (κ2) is 12.4. The molecular weight excluding hydrogens is 693 g/mol. The number of carbonyl (C=O) groups excluding carboxylic acids is 1. The van der Waals surface area contributed by atoms with Crippen molar-refractivity contribution in [3.8, 4) is 17.2 Å². The molecule has 0 bridgehead atoms. The number of aliphatic imine (C=N–C) groups is 1. The van der Waals surface area contributed by atoms with Gasteiger partial charge in [-0.05, 0) is 83.1 Å². The third kappa shape index (κ3) is 6.23. The Morgan fingerprint density at radius 3 is 2.54 bits per heavy atom. The van der Waals surface area contributed by atoms with Gasteiger partial charge in [0, 0.05) is 9.88 Å². The topological polar surface area (TPSA) is 84.2 Å². The first-order valence-electron chi connectivity index (χ1n) is 12.1. The van der Waals surface area contributed by atoms with Crippen LogP contribution >= 0.6 is 50.3 Å². The van der Waals surface area contributed by atoms with Crippen LogP contribution in [0.2, 0.25) is 0 Å². The van der Waals surface area contributed by atoms with Crippen molar-refractivity contribution in [2.45, 2.75) is 6.92 Å². The van der Waals surface area contributed by atoms with Crippen molar-refractivity contribution in [1.29, 1.82) is 5.41 Å². The Labute approximate surface area is 252 Å². The highest BCUT2D eigenvalue weighted by atomic mass is 127. The van der Waals surface area contributed by atoms with E-state index in [1.807, 2.05) is 79.1 Å². The van der Waals surface area contributed by atoms with Gasteiger partial charge in [-0.1, -0.05) is 58.0 Å². The zero-order chi connectivity index (χ0) is 27.4. The molecule has 10 heteroatoms. The van der Waals surface area contributed by atoms with Crippen molar-refractivity contribution < 1.29 is 19.0 Å². The van der Waals surface area contributed by atoms with E-state index in [1.165, 1.54) is 11.8 Å². The van der Waals surface area contributed by atoms with Gasteiger partial charge in [-0.3, -0.25) is 15.1 Å². The SMILES string of the molecule is CCOc1cc(/C=C2/C(=N)N3C(c4ccccc4)=CSC3=NC2=O)cc(I)c1OCCOc1ccc(Br)cc1. The van der Waals surface area contributed by atoms with Gasteiger partial charge in [0.05, 0.1) is 21.4 Å². The molecular formula is C29H23BrIN3O4S.